The first-order chi connectivity index (χ1) is 56.0. The Kier molecular flexibility index (Phi) is 14.9. The van der Waals surface area contributed by atoms with Gasteiger partial charge in [-0.2, -0.15) is 0 Å². The van der Waals surface area contributed by atoms with Crippen molar-refractivity contribution in [3.8, 4) is 34.5 Å². The molecule has 0 radical (unpaired) electrons. The lowest BCUT2D eigenvalue weighted by atomic mass is 9.30. The molecule has 114 heavy (non-hydrogen) atoms. The molecule has 9 nitrogen and oxygen atoms in total. The van der Waals surface area contributed by atoms with Crippen molar-refractivity contribution in [2.24, 2.45) is 0 Å². The van der Waals surface area contributed by atoms with E-state index >= 15 is 0 Å². The molecule has 8 heterocycles. The minimum Gasteiger partial charge on any atom is -0.458 e. The molecular formula is C100H71B3N6O3S2. The molecule has 6 aliphatic heterocycles. The number of nitrogens with one attached hydrogen (secondary N) is 1. The van der Waals surface area contributed by atoms with Gasteiger partial charge in [-0.1, -0.05) is 181 Å². The van der Waals surface area contributed by atoms with Crippen molar-refractivity contribution in [1.29, 1.82) is 0 Å². The summed E-state index contributed by atoms with van der Waals surface area (Å²) < 4.78 is 28.1. The van der Waals surface area contributed by atoms with Crippen LogP contribution in [-0.2, 0) is 0 Å². The molecule has 0 fully saturated rings. The fraction of sp³-hybridized carbons (Fsp3) is 0.0600. The van der Waals surface area contributed by atoms with E-state index in [4.69, 9.17) is 14.2 Å². The summed E-state index contributed by atoms with van der Waals surface area (Å²) in [5.41, 5.74) is 32.7. The summed E-state index contributed by atoms with van der Waals surface area (Å²) in [5.74, 6) is 5.05. The third kappa shape index (κ3) is 10.1. The number of ether oxygens (including phenoxy) is 3. The van der Waals surface area contributed by atoms with Crippen LogP contribution in [0.2, 0.25) is 0 Å². The van der Waals surface area contributed by atoms with Gasteiger partial charge in [0.05, 0.1) is 28.4 Å². The van der Waals surface area contributed by atoms with E-state index < -0.39 is 0 Å². The highest BCUT2D eigenvalue weighted by Gasteiger charge is 2.51. The molecule has 0 saturated heterocycles. The minimum absolute atomic E-state index is 0.218. The molecule has 540 valence electrons. The van der Waals surface area contributed by atoms with Crippen molar-refractivity contribution in [1.82, 2.24) is 0 Å². The van der Waals surface area contributed by atoms with E-state index in [1.807, 2.05) is 22.7 Å². The van der Waals surface area contributed by atoms with Crippen LogP contribution in [0.15, 0.2) is 315 Å². The second kappa shape index (κ2) is 25.6. The normalized spacial score (nSPS) is 13.2. The van der Waals surface area contributed by atoms with Crippen molar-refractivity contribution in [2.45, 2.75) is 41.5 Å². The summed E-state index contributed by atoms with van der Waals surface area (Å²) in [6.45, 7) is 12.7. The fourth-order valence-electron chi connectivity index (χ4n) is 19.6. The predicted octanol–water partition coefficient (Wildman–Crippen LogP) is 21.9. The lowest BCUT2D eigenvalue weighted by Gasteiger charge is -2.45. The van der Waals surface area contributed by atoms with Gasteiger partial charge in [0.25, 0.3) is 20.1 Å². The molecule has 1 N–H and O–H groups in total. The van der Waals surface area contributed by atoms with Gasteiger partial charge in [0.2, 0.25) is 0 Å². The molecule has 23 rings (SSSR count). The monoisotopic (exact) mass is 1500 g/mol. The van der Waals surface area contributed by atoms with E-state index in [9.17, 15) is 0 Å². The Balaban J connectivity index is 0.824. The molecule has 14 heteroatoms. The van der Waals surface area contributed by atoms with Crippen molar-refractivity contribution < 1.29 is 14.2 Å². The van der Waals surface area contributed by atoms with Crippen LogP contribution in [0, 0.1) is 41.5 Å². The van der Waals surface area contributed by atoms with Crippen molar-refractivity contribution >= 4 is 207 Å². The molecule has 0 atom stereocenters. The van der Waals surface area contributed by atoms with Crippen molar-refractivity contribution in [3.63, 3.8) is 0 Å². The van der Waals surface area contributed by atoms with Crippen molar-refractivity contribution in [2.75, 3.05) is 29.8 Å². The Morgan fingerprint density at radius 3 is 1.07 bits per heavy atom. The Morgan fingerprint density at radius 2 is 0.632 bits per heavy atom. The number of para-hydroxylation sites is 6. The minimum atomic E-state index is -0.371. The van der Waals surface area contributed by atoms with Crippen LogP contribution in [0.3, 0.4) is 0 Å². The van der Waals surface area contributed by atoms with E-state index in [1.54, 1.807) is 0 Å². The number of aryl methyl sites for hydroxylation is 6. The highest BCUT2D eigenvalue weighted by Crippen LogP contribution is 2.54. The Hall–Kier alpha value is -13.4. The summed E-state index contributed by atoms with van der Waals surface area (Å²) in [4.78, 5) is 12.3. The molecule has 6 aliphatic rings. The largest absolute Gasteiger partial charge is 0.458 e. The average molecular weight is 1500 g/mol. The predicted molar refractivity (Wildman–Crippen MR) is 482 cm³/mol. The summed E-state index contributed by atoms with van der Waals surface area (Å²) >= 11 is 3.69. The summed E-state index contributed by atoms with van der Waals surface area (Å²) in [7, 11) is 0. The summed E-state index contributed by atoms with van der Waals surface area (Å²) in [6.07, 6.45) is 0. The summed E-state index contributed by atoms with van der Waals surface area (Å²) in [6, 6.07) is 116. The molecule has 2 aromatic heterocycles. The van der Waals surface area contributed by atoms with Crippen LogP contribution in [-0.4, -0.2) is 20.1 Å². The number of benzene rings is 15. The molecule has 17 aromatic rings. The third-order valence-electron chi connectivity index (χ3n) is 23.9. The van der Waals surface area contributed by atoms with E-state index in [0.29, 0.717) is 0 Å². The molecule has 0 saturated carbocycles. The average Bonchev–Trinajstić information content (AvgIpc) is 1.02. The van der Waals surface area contributed by atoms with Crippen molar-refractivity contribution in [3.05, 3.63) is 349 Å². The summed E-state index contributed by atoms with van der Waals surface area (Å²) in [5, 5.41) is 6.46. The van der Waals surface area contributed by atoms with E-state index in [0.717, 1.165) is 164 Å². The highest BCUT2D eigenvalue weighted by atomic mass is 32.1. The molecule has 0 unspecified atom stereocenters. The van der Waals surface area contributed by atoms with Gasteiger partial charge in [0.1, 0.15) is 34.5 Å². The third-order valence-corrected chi connectivity index (χ3v) is 26.4. The molecular weight excluding hydrogens is 1430 g/mol. The van der Waals surface area contributed by atoms with Gasteiger partial charge in [-0.3, -0.25) is 0 Å². The van der Waals surface area contributed by atoms with Gasteiger partial charge in [-0.05, 0) is 223 Å². The first-order valence-corrected chi connectivity index (χ1v) is 40.8. The Morgan fingerprint density at radius 1 is 0.281 bits per heavy atom. The van der Waals surface area contributed by atoms with Gasteiger partial charge < -0.3 is 44.0 Å². The molecule has 0 bridgehead atoms. The number of rotatable bonds is 11. The highest BCUT2D eigenvalue weighted by molar-refractivity contribution is 7.34. The van der Waals surface area contributed by atoms with Crippen LogP contribution in [0.1, 0.15) is 33.4 Å². The van der Waals surface area contributed by atoms with Gasteiger partial charge in [0.15, 0.2) is 0 Å². The van der Waals surface area contributed by atoms with Crippen LogP contribution >= 0.6 is 22.7 Å². The maximum Gasteiger partial charge on any atom is 0.268 e. The number of nitrogens with zero attached hydrogens (tertiary/aromatic N) is 5. The van der Waals surface area contributed by atoms with E-state index in [-0.39, 0.29) is 20.1 Å². The Bertz CT molecular complexity index is 6720. The number of fused-ring (bicyclic) bond motifs is 16. The van der Waals surface area contributed by atoms with E-state index in [1.165, 1.54) is 68.7 Å². The zero-order valence-electron chi connectivity index (χ0n) is 63.5. The maximum absolute atomic E-state index is 8.14. The lowest BCUT2D eigenvalue weighted by Crippen LogP contribution is -2.64. The first-order valence-electron chi connectivity index (χ1n) is 39.2. The number of hydrogen-bond acceptors (Lipinski definition) is 11. The lowest BCUT2D eigenvalue weighted by molar-refractivity contribution is 0.488. The van der Waals surface area contributed by atoms with Crippen LogP contribution in [0.5, 0.6) is 34.5 Å². The van der Waals surface area contributed by atoms with Gasteiger partial charge >= 0.3 is 0 Å². The maximum atomic E-state index is 8.14. The SMILES string of the molecule is Cc1cc(C)c(N2c3cc4c(cc3B3c5cc6c(cc5Oc5cc(N(c7ccccc7)c7ccccc7)cc2c53)N(c2c(C)cc(C)cc2C)c2cc(N(c3ccccc3)c3ccccc3)cc3c2B6c2sc5ccccc5c2O3)B2c3sc5ccccc5c3Oc3cc(N(c5ccccc5)c5ccccc5)cc(c32)N4)c(C)c1. The second-order valence-electron chi connectivity index (χ2n) is 31.1. The molecule has 0 spiro atoms. The molecule has 0 aliphatic carbocycles. The number of hydrogen-bond donors (Lipinski definition) is 1. The quantitative estimate of drug-likeness (QED) is 0.128. The van der Waals surface area contributed by atoms with E-state index in [2.05, 4.69) is 387 Å². The van der Waals surface area contributed by atoms with Crippen LogP contribution < -0.4 is 91.8 Å². The topological polar surface area (TPSA) is 55.9 Å². The second-order valence-corrected chi connectivity index (χ2v) is 33.3. The van der Waals surface area contributed by atoms with Crippen LogP contribution in [0.4, 0.5) is 96.7 Å². The fourth-order valence-corrected chi connectivity index (χ4v) is 22.1. The molecule has 15 aromatic carbocycles. The zero-order chi connectivity index (χ0) is 75.9. The van der Waals surface area contributed by atoms with Crippen LogP contribution in [0.25, 0.3) is 20.2 Å². The Labute approximate surface area is 671 Å². The van der Waals surface area contributed by atoms with Gasteiger partial charge in [-0.25, -0.2) is 0 Å². The van der Waals surface area contributed by atoms with Gasteiger partial charge in [-0.15, -0.1) is 22.7 Å². The standard InChI is InChI=1S/C100H71B3N6O3S2/c1-59-45-61(3)95(62(4)46-59)108-82-57-80-76(102-92-81(104-80)49-71(105(65-29-13-7-14-30-65)66-31-15-8-16-32-66)52-87(92)111-97-74-41-25-27-43-90(74)113-99(97)102)55-77(82)101-79-56-78-83(58-86(79)110-88-53-72(50-84(108)93(88)101)106(67-33-17-9-18-34-67)68-35-19-10-20-36-68)109(96-63(5)47-60(2)48-64(96)6)85-51-73(107(69-37-21-11-22-38-69)70-39-23-12-24-40-70)54-89-94(85)103(78)100-98(112-89)75-42-26-28-44-91(75)114-100/h7-58,104H,1-6H3. The first kappa shape index (κ1) is 66.4. The van der Waals surface area contributed by atoms with Gasteiger partial charge in [0, 0.05) is 122 Å². The molecule has 0 amide bonds. The smallest absolute Gasteiger partial charge is 0.268 e. The zero-order valence-corrected chi connectivity index (χ0v) is 65.2. The number of thiophene rings is 2. The number of anilines is 17.